The fourth-order valence-corrected chi connectivity index (χ4v) is 2.12. The van der Waals surface area contributed by atoms with Crippen molar-refractivity contribution in [2.24, 2.45) is 0 Å². The Kier molecular flexibility index (Phi) is 4.20. The quantitative estimate of drug-likeness (QED) is 0.858. The standard InChI is InChI=1S/C14H21N3O/c1-12-4-3-5-13(10-12)11-15-14(18)17-8-6-16(2)7-9-17/h3-5,10H,6-9,11H2,1-2H3,(H,15,18). The number of amides is 2. The lowest BCUT2D eigenvalue weighted by molar-refractivity contribution is 0.154. The van der Waals surface area contributed by atoms with Gasteiger partial charge in [-0.25, -0.2) is 4.79 Å². The van der Waals surface area contributed by atoms with Gasteiger partial charge in [0.2, 0.25) is 0 Å². The van der Waals surface area contributed by atoms with Gasteiger partial charge in [-0.15, -0.1) is 0 Å². The molecule has 1 fully saturated rings. The van der Waals surface area contributed by atoms with Gasteiger partial charge >= 0.3 is 6.03 Å². The van der Waals surface area contributed by atoms with Gasteiger partial charge < -0.3 is 15.1 Å². The van der Waals surface area contributed by atoms with E-state index in [0.717, 1.165) is 31.7 Å². The molecule has 1 aliphatic heterocycles. The molecular formula is C14H21N3O. The Morgan fingerprint density at radius 2 is 2.00 bits per heavy atom. The first-order valence-electron chi connectivity index (χ1n) is 6.42. The molecule has 0 spiro atoms. The van der Waals surface area contributed by atoms with E-state index in [-0.39, 0.29) is 6.03 Å². The second-order valence-electron chi connectivity index (χ2n) is 4.94. The summed E-state index contributed by atoms with van der Waals surface area (Å²) in [6.07, 6.45) is 0. The third-order valence-electron chi connectivity index (χ3n) is 3.32. The van der Waals surface area contributed by atoms with E-state index in [1.54, 1.807) is 0 Å². The number of nitrogens with one attached hydrogen (secondary N) is 1. The SMILES string of the molecule is Cc1cccc(CNC(=O)N2CCN(C)CC2)c1. The maximum absolute atomic E-state index is 12.0. The molecule has 0 atom stereocenters. The van der Waals surface area contributed by atoms with E-state index >= 15 is 0 Å². The van der Waals surface area contributed by atoms with Crippen LogP contribution in [0.25, 0.3) is 0 Å². The van der Waals surface area contributed by atoms with Gasteiger partial charge in [-0.05, 0) is 19.5 Å². The van der Waals surface area contributed by atoms with Gasteiger partial charge in [0.1, 0.15) is 0 Å². The van der Waals surface area contributed by atoms with Crippen LogP contribution in [0.3, 0.4) is 0 Å². The monoisotopic (exact) mass is 247 g/mol. The second-order valence-corrected chi connectivity index (χ2v) is 4.94. The highest BCUT2D eigenvalue weighted by molar-refractivity contribution is 5.74. The summed E-state index contributed by atoms with van der Waals surface area (Å²) in [7, 11) is 2.09. The molecule has 0 aromatic heterocycles. The molecule has 98 valence electrons. The number of urea groups is 1. The average molecular weight is 247 g/mol. The minimum Gasteiger partial charge on any atom is -0.334 e. The van der Waals surface area contributed by atoms with Crippen LogP contribution in [0.2, 0.25) is 0 Å². The third kappa shape index (κ3) is 3.47. The van der Waals surface area contributed by atoms with Gasteiger partial charge in [0.05, 0.1) is 0 Å². The summed E-state index contributed by atoms with van der Waals surface area (Å²) in [4.78, 5) is 16.1. The first-order chi connectivity index (χ1) is 8.65. The zero-order valence-corrected chi connectivity index (χ0v) is 11.1. The Hall–Kier alpha value is -1.55. The zero-order chi connectivity index (χ0) is 13.0. The van der Waals surface area contributed by atoms with Crippen LogP contribution in [0.1, 0.15) is 11.1 Å². The summed E-state index contributed by atoms with van der Waals surface area (Å²) in [6.45, 7) is 6.21. The highest BCUT2D eigenvalue weighted by Crippen LogP contribution is 2.04. The summed E-state index contributed by atoms with van der Waals surface area (Å²) < 4.78 is 0. The van der Waals surface area contributed by atoms with Crippen molar-refractivity contribution in [1.82, 2.24) is 15.1 Å². The molecule has 1 aromatic rings. The summed E-state index contributed by atoms with van der Waals surface area (Å²) in [5.41, 5.74) is 2.37. The number of carbonyl (C=O) groups excluding carboxylic acids is 1. The number of likely N-dealkylation sites (N-methyl/N-ethyl adjacent to an activating group) is 1. The number of piperazine rings is 1. The average Bonchev–Trinajstić information content (AvgIpc) is 2.37. The van der Waals surface area contributed by atoms with Crippen molar-refractivity contribution in [3.05, 3.63) is 35.4 Å². The second kappa shape index (κ2) is 5.87. The number of benzene rings is 1. The molecular weight excluding hydrogens is 226 g/mol. The van der Waals surface area contributed by atoms with E-state index in [1.165, 1.54) is 5.56 Å². The largest absolute Gasteiger partial charge is 0.334 e. The fraction of sp³-hybridized carbons (Fsp3) is 0.500. The molecule has 0 radical (unpaired) electrons. The van der Waals surface area contributed by atoms with E-state index in [9.17, 15) is 4.79 Å². The minimum absolute atomic E-state index is 0.0459. The van der Waals surface area contributed by atoms with Crippen LogP contribution in [-0.2, 0) is 6.54 Å². The van der Waals surface area contributed by atoms with Crippen LogP contribution in [0.4, 0.5) is 4.79 Å². The van der Waals surface area contributed by atoms with Gasteiger partial charge in [0, 0.05) is 32.7 Å². The predicted molar refractivity (Wildman–Crippen MR) is 72.5 cm³/mol. The smallest absolute Gasteiger partial charge is 0.317 e. The molecule has 1 aliphatic rings. The lowest BCUT2D eigenvalue weighted by Crippen LogP contribution is -2.50. The van der Waals surface area contributed by atoms with Crippen molar-refractivity contribution in [3.8, 4) is 0 Å². The lowest BCUT2D eigenvalue weighted by Gasteiger charge is -2.32. The van der Waals surface area contributed by atoms with Gasteiger partial charge in [0.25, 0.3) is 0 Å². The van der Waals surface area contributed by atoms with Crippen molar-refractivity contribution in [2.75, 3.05) is 33.2 Å². The van der Waals surface area contributed by atoms with Crippen molar-refractivity contribution >= 4 is 6.03 Å². The van der Waals surface area contributed by atoms with Crippen LogP contribution >= 0.6 is 0 Å². The van der Waals surface area contributed by atoms with Crippen LogP contribution in [0.5, 0.6) is 0 Å². The molecule has 2 amide bonds. The fourth-order valence-electron chi connectivity index (χ4n) is 2.12. The van der Waals surface area contributed by atoms with E-state index in [2.05, 4.69) is 36.3 Å². The lowest BCUT2D eigenvalue weighted by atomic mass is 10.1. The maximum atomic E-state index is 12.0. The highest BCUT2D eigenvalue weighted by Gasteiger charge is 2.18. The summed E-state index contributed by atoms with van der Waals surface area (Å²) in [5.74, 6) is 0. The van der Waals surface area contributed by atoms with Crippen LogP contribution in [0.15, 0.2) is 24.3 Å². The van der Waals surface area contributed by atoms with Crippen molar-refractivity contribution in [3.63, 3.8) is 0 Å². The number of hydrogen-bond acceptors (Lipinski definition) is 2. The number of nitrogens with zero attached hydrogens (tertiary/aromatic N) is 2. The summed E-state index contributed by atoms with van der Waals surface area (Å²) >= 11 is 0. The number of carbonyl (C=O) groups is 1. The predicted octanol–water partition coefficient (Wildman–Crippen LogP) is 1.45. The minimum atomic E-state index is 0.0459. The van der Waals surface area contributed by atoms with Crippen LogP contribution in [-0.4, -0.2) is 49.1 Å². The third-order valence-corrected chi connectivity index (χ3v) is 3.32. The number of hydrogen-bond donors (Lipinski definition) is 1. The maximum Gasteiger partial charge on any atom is 0.317 e. The normalized spacial score (nSPS) is 16.7. The van der Waals surface area contributed by atoms with Gasteiger partial charge in [-0.2, -0.15) is 0 Å². The molecule has 1 aromatic carbocycles. The molecule has 1 N–H and O–H groups in total. The number of rotatable bonds is 2. The Labute approximate surface area is 109 Å². The molecule has 0 unspecified atom stereocenters. The molecule has 1 heterocycles. The van der Waals surface area contributed by atoms with E-state index in [1.807, 2.05) is 17.0 Å². The van der Waals surface area contributed by atoms with Crippen molar-refractivity contribution in [1.29, 1.82) is 0 Å². The first-order valence-corrected chi connectivity index (χ1v) is 6.42. The van der Waals surface area contributed by atoms with Crippen molar-refractivity contribution in [2.45, 2.75) is 13.5 Å². The Morgan fingerprint density at radius 3 is 2.67 bits per heavy atom. The zero-order valence-electron chi connectivity index (χ0n) is 11.1. The van der Waals surface area contributed by atoms with Gasteiger partial charge in [0.15, 0.2) is 0 Å². The van der Waals surface area contributed by atoms with Crippen LogP contribution in [0, 0.1) is 6.92 Å². The van der Waals surface area contributed by atoms with E-state index < -0.39 is 0 Å². The molecule has 0 bridgehead atoms. The molecule has 0 aliphatic carbocycles. The molecule has 0 saturated carbocycles. The first kappa shape index (κ1) is 12.9. The Bertz CT molecular complexity index is 411. The van der Waals surface area contributed by atoms with Gasteiger partial charge in [-0.1, -0.05) is 29.8 Å². The molecule has 4 heteroatoms. The summed E-state index contributed by atoms with van der Waals surface area (Å²) in [5, 5.41) is 2.98. The van der Waals surface area contributed by atoms with Gasteiger partial charge in [-0.3, -0.25) is 0 Å². The molecule has 1 saturated heterocycles. The van der Waals surface area contributed by atoms with Crippen molar-refractivity contribution < 1.29 is 4.79 Å². The van der Waals surface area contributed by atoms with E-state index in [4.69, 9.17) is 0 Å². The number of aryl methyl sites for hydroxylation is 1. The molecule has 4 nitrogen and oxygen atoms in total. The molecule has 18 heavy (non-hydrogen) atoms. The topological polar surface area (TPSA) is 35.6 Å². The molecule has 2 rings (SSSR count). The summed E-state index contributed by atoms with van der Waals surface area (Å²) in [6, 6.07) is 8.27. The van der Waals surface area contributed by atoms with Crippen LogP contribution < -0.4 is 5.32 Å². The van der Waals surface area contributed by atoms with E-state index in [0.29, 0.717) is 6.54 Å². The Morgan fingerprint density at radius 1 is 1.28 bits per heavy atom. The Balaban J connectivity index is 1.81. The highest BCUT2D eigenvalue weighted by atomic mass is 16.2.